The third-order valence-electron chi connectivity index (χ3n) is 10.1. The fourth-order valence-corrected chi connectivity index (χ4v) is 7.51. The molecular formula is C41H39ClN4O5. The predicted octanol–water partition coefficient (Wildman–Crippen LogP) is 6.27. The molecule has 2 aliphatic rings. The van der Waals surface area contributed by atoms with Crippen LogP contribution in [0.5, 0.6) is 0 Å². The maximum absolute atomic E-state index is 14.2. The van der Waals surface area contributed by atoms with Crippen LogP contribution in [0.25, 0.3) is 10.9 Å². The molecule has 0 fully saturated rings. The van der Waals surface area contributed by atoms with Crippen molar-refractivity contribution in [3.8, 4) is 0 Å². The number of carbonyl (C=O) groups is 3. The van der Waals surface area contributed by atoms with Gasteiger partial charge in [0, 0.05) is 52.3 Å². The lowest BCUT2D eigenvalue weighted by atomic mass is 9.83. The molecule has 3 heterocycles. The van der Waals surface area contributed by atoms with Crippen molar-refractivity contribution >= 4 is 51.6 Å². The number of amides is 3. The van der Waals surface area contributed by atoms with Gasteiger partial charge >= 0.3 is 0 Å². The third kappa shape index (κ3) is 6.68. The number of aliphatic hydroxyl groups excluding tert-OH is 1. The van der Waals surface area contributed by atoms with Crippen LogP contribution in [-0.2, 0) is 45.9 Å². The van der Waals surface area contributed by atoms with E-state index in [0.29, 0.717) is 34.9 Å². The number of rotatable bonds is 10. The summed E-state index contributed by atoms with van der Waals surface area (Å²) in [4.78, 5) is 46.9. The number of hydrogen-bond acceptors (Lipinski definition) is 5. The molecule has 4 N–H and O–H groups in total. The fraction of sp³-hybridized carbons (Fsp3) is 0.244. The average Bonchev–Trinajstić information content (AvgIpc) is 3.63. The second kappa shape index (κ2) is 14.2. The highest BCUT2D eigenvalue weighted by Crippen LogP contribution is 2.47. The molecule has 260 valence electrons. The van der Waals surface area contributed by atoms with Crippen LogP contribution in [0.15, 0.2) is 109 Å². The fourth-order valence-electron chi connectivity index (χ4n) is 7.33. The number of halogens is 1. The molecule has 7 rings (SSSR count). The molecule has 4 aromatic carbocycles. The zero-order valence-corrected chi connectivity index (χ0v) is 28.9. The standard InChI is InChI=1S/C41H39ClN4O5/c1-26(8-6-15-39(49)45-24-29-11-3-2-10-28(29)19-33(45)25-47)41(51)35-21-31(42)16-17-37(35)46(40(41)50)23-27-9-7-12-32(18-27)44-38(48)20-30-22-43-36-14-5-4-13-34(30)36/h2-14,16-18,21-22,26,33,43,47,51H,15,19-20,23-25H2,1H3,(H,44,48)/b8-6+/t26-,33+,41+/m1/s1. The van der Waals surface area contributed by atoms with Crippen molar-refractivity contribution in [3.63, 3.8) is 0 Å². The van der Waals surface area contributed by atoms with Gasteiger partial charge in [-0.05, 0) is 65.1 Å². The second-order valence-electron chi connectivity index (χ2n) is 13.4. The minimum Gasteiger partial charge on any atom is -0.394 e. The maximum atomic E-state index is 14.2. The Morgan fingerprint density at radius 3 is 2.65 bits per heavy atom. The summed E-state index contributed by atoms with van der Waals surface area (Å²) in [6.07, 6.45) is 6.06. The van der Waals surface area contributed by atoms with E-state index in [1.165, 1.54) is 4.90 Å². The number of carbonyl (C=O) groups excluding carboxylic acids is 3. The number of para-hydroxylation sites is 1. The number of aromatic nitrogens is 1. The molecule has 3 amide bonds. The molecular weight excluding hydrogens is 664 g/mol. The molecule has 51 heavy (non-hydrogen) atoms. The molecule has 2 aliphatic heterocycles. The van der Waals surface area contributed by atoms with E-state index in [1.54, 1.807) is 48.2 Å². The van der Waals surface area contributed by atoms with Crippen LogP contribution in [-0.4, -0.2) is 50.5 Å². The summed E-state index contributed by atoms with van der Waals surface area (Å²) in [5.74, 6) is -1.52. The summed E-state index contributed by atoms with van der Waals surface area (Å²) in [5.41, 5.74) is 4.41. The van der Waals surface area contributed by atoms with Gasteiger partial charge in [0.25, 0.3) is 5.91 Å². The Hall–Kier alpha value is -5.22. The molecule has 3 atom stereocenters. The molecule has 0 spiro atoms. The number of H-pyrrole nitrogens is 1. The van der Waals surface area contributed by atoms with E-state index in [4.69, 9.17) is 11.6 Å². The molecule has 0 radical (unpaired) electrons. The minimum absolute atomic E-state index is 0.0538. The van der Waals surface area contributed by atoms with E-state index in [1.807, 2.05) is 72.9 Å². The molecule has 0 aliphatic carbocycles. The van der Waals surface area contributed by atoms with Crippen molar-refractivity contribution < 1.29 is 24.6 Å². The maximum Gasteiger partial charge on any atom is 0.264 e. The summed E-state index contributed by atoms with van der Waals surface area (Å²) < 4.78 is 0. The average molecular weight is 703 g/mol. The van der Waals surface area contributed by atoms with Gasteiger partial charge in [-0.25, -0.2) is 0 Å². The highest BCUT2D eigenvalue weighted by atomic mass is 35.5. The molecule has 5 aromatic rings. The lowest BCUT2D eigenvalue weighted by molar-refractivity contribution is -0.139. The van der Waals surface area contributed by atoms with Crippen molar-refractivity contribution in [2.24, 2.45) is 5.92 Å². The lowest BCUT2D eigenvalue weighted by Gasteiger charge is -2.36. The molecule has 10 heteroatoms. The van der Waals surface area contributed by atoms with Gasteiger partial charge in [-0.3, -0.25) is 14.4 Å². The van der Waals surface area contributed by atoms with Crippen LogP contribution in [0.4, 0.5) is 11.4 Å². The normalized spacial score (nSPS) is 19.0. The van der Waals surface area contributed by atoms with Crippen LogP contribution in [0.1, 0.15) is 41.2 Å². The van der Waals surface area contributed by atoms with Crippen LogP contribution in [0.3, 0.4) is 0 Å². The third-order valence-corrected chi connectivity index (χ3v) is 10.3. The first-order valence-corrected chi connectivity index (χ1v) is 17.5. The second-order valence-corrected chi connectivity index (χ2v) is 13.8. The van der Waals surface area contributed by atoms with E-state index >= 15 is 0 Å². The van der Waals surface area contributed by atoms with Crippen molar-refractivity contribution in [3.05, 3.63) is 142 Å². The Morgan fingerprint density at radius 2 is 1.82 bits per heavy atom. The Morgan fingerprint density at radius 1 is 1.04 bits per heavy atom. The Balaban J connectivity index is 1.05. The molecule has 1 aromatic heterocycles. The number of anilines is 2. The monoisotopic (exact) mass is 702 g/mol. The van der Waals surface area contributed by atoms with Crippen molar-refractivity contribution in [1.29, 1.82) is 0 Å². The summed E-state index contributed by atoms with van der Waals surface area (Å²) in [5, 5.41) is 26.5. The topological polar surface area (TPSA) is 126 Å². The first kappa shape index (κ1) is 34.2. The highest BCUT2D eigenvalue weighted by Gasteiger charge is 2.52. The Kier molecular flexibility index (Phi) is 9.52. The van der Waals surface area contributed by atoms with Crippen LogP contribution >= 0.6 is 11.6 Å². The van der Waals surface area contributed by atoms with E-state index in [0.717, 1.165) is 33.2 Å². The van der Waals surface area contributed by atoms with E-state index < -0.39 is 17.4 Å². The Labute approximate surface area is 301 Å². The van der Waals surface area contributed by atoms with Gasteiger partial charge < -0.3 is 30.3 Å². The van der Waals surface area contributed by atoms with Gasteiger partial charge in [-0.1, -0.05) is 85.3 Å². The zero-order valence-electron chi connectivity index (χ0n) is 28.2. The minimum atomic E-state index is -1.93. The number of nitrogens with one attached hydrogen (secondary N) is 2. The van der Waals surface area contributed by atoms with Crippen LogP contribution in [0.2, 0.25) is 5.02 Å². The quantitative estimate of drug-likeness (QED) is 0.128. The Bertz CT molecular complexity index is 2160. The SMILES string of the molecule is C[C@H](/C=C/CC(=O)N1Cc2ccccc2C[C@H]1CO)[C@@]1(O)C(=O)N(Cc2cccc(NC(=O)Cc3c[nH]c4ccccc34)c2)c2ccc(Cl)cc21. The van der Waals surface area contributed by atoms with Gasteiger partial charge in [-0.15, -0.1) is 0 Å². The largest absolute Gasteiger partial charge is 0.394 e. The summed E-state index contributed by atoms with van der Waals surface area (Å²) in [6, 6.07) is 27.8. The number of fused-ring (bicyclic) bond motifs is 3. The lowest BCUT2D eigenvalue weighted by Crippen LogP contribution is -2.46. The van der Waals surface area contributed by atoms with Gasteiger partial charge in [-0.2, -0.15) is 0 Å². The van der Waals surface area contributed by atoms with Crippen LogP contribution in [0, 0.1) is 5.92 Å². The number of nitrogens with zero attached hydrogens (tertiary/aromatic N) is 2. The summed E-state index contributed by atoms with van der Waals surface area (Å²) >= 11 is 6.39. The van der Waals surface area contributed by atoms with Gasteiger partial charge in [0.1, 0.15) is 0 Å². The van der Waals surface area contributed by atoms with Crippen molar-refractivity contribution in [2.75, 3.05) is 16.8 Å². The van der Waals surface area contributed by atoms with E-state index in [-0.39, 0.29) is 43.8 Å². The van der Waals surface area contributed by atoms with Gasteiger partial charge in [0.05, 0.1) is 31.3 Å². The molecule has 0 saturated heterocycles. The number of benzene rings is 4. The van der Waals surface area contributed by atoms with E-state index in [2.05, 4.69) is 10.3 Å². The number of aliphatic hydroxyl groups is 2. The molecule has 0 saturated carbocycles. The zero-order chi connectivity index (χ0) is 35.7. The van der Waals surface area contributed by atoms with Crippen molar-refractivity contribution in [1.82, 2.24) is 9.88 Å². The predicted molar refractivity (Wildman–Crippen MR) is 198 cm³/mol. The molecule has 9 nitrogen and oxygen atoms in total. The highest BCUT2D eigenvalue weighted by molar-refractivity contribution is 6.31. The van der Waals surface area contributed by atoms with E-state index in [9.17, 15) is 24.6 Å². The van der Waals surface area contributed by atoms with Crippen molar-refractivity contribution in [2.45, 2.75) is 50.9 Å². The number of hydrogen-bond donors (Lipinski definition) is 4. The summed E-state index contributed by atoms with van der Waals surface area (Å²) in [6.45, 7) is 2.17. The first-order chi connectivity index (χ1) is 24.6. The van der Waals surface area contributed by atoms with Gasteiger partial charge in [0.15, 0.2) is 5.60 Å². The van der Waals surface area contributed by atoms with Gasteiger partial charge in [0.2, 0.25) is 11.8 Å². The summed E-state index contributed by atoms with van der Waals surface area (Å²) in [7, 11) is 0. The molecule has 0 bridgehead atoms. The number of aromatic amines is 1. The molecule has 0 unspecified atom stereocenters. The smallest absolute Gasteiger partial charge is 0.264 e. The van der Waals surface area contributed by atoms with Crippen LogP contribution < -0.4 is 10.2 Å². The first-order valence-electron chi connectivity index (χ1n) is 17.1.